The Morgan fingerprint density at radius 3 is 2.50 bits per heavy atom. The number of carboxylic acid groups (broad SMARTS) is 1. The van der Waals surface area contributed by atoms with Crippen LogP contribution in [0.3, 0.4) is 0 Å². The summed E-state index contributed by atoms with van der Waals surface area (Å²) in [5.41, 5.74) is 0.776. The summed E-state index contributed by atoms with van der Waals surface area (Å²) in [7, 11) is 0. The van der Waals surface area contributed by atoms with Crippen molar-refractivity contribution in [2.45, 2.75) is 12.8 Å². The third-order valence-electron chi connectivity index (χ3n) is 3.39. The van der Waals surface area contributed by atoms with Crippen LogP contribution in [0.15, 0.2) is 36.4 Å². The molecule has 20 heavy (non-hydrogen) atoms. The smallest absolute Gasteiger partial charge is 0.307 e. The number of rotatable bonds is 3. The summed E-state index contributed by atoms with van der Waals surface area (Å²) in [5.74, 6) is -2.65. The molecule has 1 aliphatic carbocycles. The van der Waals surface area contributed by atoms with Gasteiger partial charge in [-0.15, -0.1) is 0 Å². The lowest BCUT2D eigenvalue weighted by Gasteiger charge is -2.24. The Labute approximate surface area is 116 Å². The maximum Gasteiger partial charge on any atom is 0.307 e. The van der Waals surface area contributed by atoms with Crippen LogP contribution in [-0.2, 0) is 9.59 Å². The normalized spacial score (nSPS) is 20.9. The summed E-state index contributed by atoms with van der Waals surface area (Å²) in [4.78, 5) is 23.4. The molecule has 0 saturated carbocycles. The third-order valence-corrected chi connectivity index (χ3v) is 3.39. The first-order chi connectivity index (χ1) is 9.63. The molecule has 0 aromatic heterocycles. The molecule has 0 aliphatic heterocycles. The number of carboxylic acids is 1. The molecule has 0 bridgehead atoms. The van der Waals surface area contributed by atoms with Gasteiger partial charge in [0.2, 0.25) is 5.91 Å². The van der Waals surface area contributed by atoms with E-state index in [-0.39, 0.29) is 5.91 Å². The quantitative estimate of drug-likeness (QED) is 0.823. The summed E-state index contributed by atoms with van der Waals surface area (Å²) in [6.45, 7) is 0. The molecule has 102 valence electrons. The van der Waals surface area contributed by atoms with Crippen molar-refractivity contribution in [3.8, 4) is 6.07 Å². The minimum atomic E-state index is -0.969. The maximum atomic E-state index is 12.2. The number of aliphatic carboxylic acids is 1. The topological polar surface area (TPSA) is 90.2 Å². The van der Waals surface area contributed by atoms with E-state index in [4.69, 9.17) is 10.4 Å². The van der Waals surface area contributed by atoms with Gasteiger partial charge in [-0.1, -0.05) is 24.3 Å². The zero-order chi connectivity index (χ0) is 14.5. The lowest BCUT2D eigenvalue weighted by Crippen LogP contribution is -2.34. The van der Waals surface area contributed by atoms with Crippen molar-refractivity contribution < 1.29 is 14.7 Å². The Bertz CT molecular complexity index is 601. The molecule has 2 rings (SSSR count). The van der Waals surface area contributed by atoms with Gasteiger partial charge in [0.15, 0.2) is 0 Å². The summed E-state index contributed by atoms with van der Waals surface area (Å²) in [5, 5.41) is 20.8. The number of hydrogen-bond donors (Lipinski definition) is 2. The third kappa shape index (κ3) is 2.86. The SMILES string of the molecule is N#Cc1ccccc1NC(=O)C1CC=CCC1C(=O)O. The number of carbonyl (C=O) groups excluding carboxylic acids is 1. The lowest BCUT2D eigenvalue weighted by atomic mass is 9.82. The van der Waals surface area contributed by atoms with Crippen LogP contribution in [-0.4, -0.2) is 17.0 Å². The molecule has 5 nitrogen and oxygen atoms in total. The molecule has 0 saturated heterocycles. The highest BCUT2D eigenvalue weighted by atomic mass is 16.4. The number of nitriles is 1. The van der Waals surface area contributed by atoms with Crippen molar-refractivity contribution in [2.75, 3.05) is 5.32 Å². The first-order valence-corrected chi connectivity index (χ1v) is 6.31. The zero-order valence-electron chi connectivity index (χ0n) is 10.7. The van der Waals surface area contributed by atoms with E-state index in [0.29, 0.717) is 24.1 Å². The van der Waals surface area contributed by atoms with Crippen LogP contribution in [0.4, 0.5) is 5.69 Å². The molecule has 0 fully saturated rings. The van der Waals surface area contributed by atoms with E-state index in [1.54, 1.807) is 30.3 Å². The van der Waals surface area contributed by atoms with Crippen molar-refractivity contribution in [3.05, 3.63) is 42.0 Å². The Morgan fingerprint density at radius 2 is 1.85 bits per heavy atom. The molecule has 1 aromatic rings. The van der Waals surface area contributed by atoms with Gasteiger partial charge in [-0.25, -0.2) is 0 Å². The molecule has 1 amide bonds. The highest BCUT2D eigenvalue weighted by molar-refractivity contribution is 5.96. The number of amides is 1. The van der Waals surface area contributed by atoms with Crippen molar-refractivity contribution >= 4 is 17.6 Å². The average Bonchev–Trinajstić information content (AvgIpc) is 2.47. The molecule has 1 aromatic carbocycles. The largest absolute Gasteiger partial charge is 0.481 e. The molecule has 0 radical (unpaired) electrons. The van der Waals surface area contributed by atoms with E-state index in [2.05, 4.69) is 5.32 Å². The number of nitrogens with zero attached hydrogens (tertiary/aromatic N) is 1. The second-order valence-corrected chi connectivity index (χ2v) is 4.64. The number of nitrogens with one attached hydrogen (secondary N) is 1. The predicted molar refractivity (Wildman–Crippen MR) is 72.8 cm³/mol. The molecule has 5 heteroatoms. The highest BCUT2D eigenvalue weighted by Gasteiger charge is 2.34. The van der Waals surface area contributed by atoms with Crippen molar-refractivity contribution in [3.63, 3.8) is 0 Å². The fourth-order valence-electron chi connectivity index (χ4n) is 2.29. The zero-order valence-corrected chi connectivity index (χ0v) is 10.7. The molecule has 2 atom stereocenters. The van der Waals surface area contributed by atoms with Crippen molar-refractivity contribution in [2.24, 2.45) is 11.8 Å². The Hall–Kier alpha value is -2.61. The first kappa shape index (κ1) is 13.8. The van der Waals surface area contributed by atoms with Crippen LogP contribution in [0.5, 0.6) is 0 Å². The van der Waals surface area contributed by atoms with Gasteiger partial charge in [0, 0.05) is 0 Å². The first-order valence-electron chi connectivity index (χ1n) is 6.31. The molecule has 2 N–H and O–H groups in total. The highest BCUT2D eigenvalue weighted by Crippen LogP contribution is 2.27. The van der Waals surface area contributed by atoms with E-state index in [1.807, 2.05) is 12.1 Å². The fourth-order valence-corrected chi connectivity index (χ4v) is 2.29. The van der Waals surface area contributed by atoms with Crippen LogP contribution in [0, 0.1) is 23.2 Å². The second-order valence-electron chi connectivity index (χ2n) is 4.64. The number of carbonyl (C=O) groups is 2. The number of benzene rings is 1. The maximum absolute atomic E-state index is 12.2. The molecular formula is C15H14N2O3. The van der Waals surface area contributed by atoms with Gasteiger partial charge in [-0.2, -0.15) is 5.26 Å². The van der Waals surface area contributed by atoms with Crippen LogP contribution < -0.4 is 5.32 Å². The second kappa shape index (κ2) is 6.02. The van der Waals surface area contributed by atoms with Crippen molar-refractivity contribution in [1.29, 1.82) is 5.26 Å². The minimum absolute atomic E-state index is 0.354. The minimum Gasteiger partial charge on any atom is -0.481 e. The van der Waals surface area contributed by atoms with Crippen LogP contribution >= 0.6 is 0 Å². The van der Waals surface area contributed by atoms with Crippen molar-refractivity contribution in [1.82, 2.24) is 0 Å². The number of para-hydroxylation sites is 1. The van der Waals surface area contributed by atoms with Crippen LogP contribution in [0.25, 0.3) is 0 Å². The molecular weight excluding hydrogens is 256 g/mol. The number of allylic oxidation sites excluding steroid dienone is 2. The van der Waals surface area contributed by atoms with Gasteiger partial charge >= 0.3 is 5.97 Å². The van der Waals surface area contributed by atoms with E-state index >= 15 is 0 Å². The Balaban J connectivity index is 2.17. The summed E-state index contributed by atoms with van der Waals surface area (Å²) in [6.07, 6.45) is 4.36. The lowest BCUT2D eigenvalue weighted by molar-refractivity contribution is -0.146. The van der Waals surface area contributed by atoms with Gasteiger partial charge < -0.3 is 10.4 Å². The molecule has 0 heterocycles. The monoisotopic (exact) mass is 270 g/mol. The van der Waals surface area contributed by atoms with Gasteiger partial charge in [0.1, 0.15) is 6.07 Å². The molecule has 1 aliphatic rings. The molecule has 0 spiro atoms. The summed E-state index contributed by atoms with van der Waals surface area (Å²) < 4.78 is 0. The van der Waals surface area contributed by atoms with Crippen LogP contribution in [0.1, 0.15) is 18.4 Å². The predicted octanol–water partition coefficient (Wildman–Crippen LogP) is 2.16. The van der Waals surface area contributed by atoms with Gasteiger partial charge in [0.05, 0.1) is 23.1 Å². The van der Waals surface area contributed by atoms with Gasteiger partial charge in [0.25, 0.3) is 0 Å². The molecule has 2 unspecified atom stereocenters. The standard InChI is InChI=1S/C15H14N2O3/c16-9-10-5-1-4-8-13(10)17-14(18)11-6-2-3-7-12(11)15(19)20/h1-5,8,11-12H,6-7H2,(H,17,18)(H,19,20). The van der Waals surface area contributed by atoms with E-state index in [0.717, 1.165) is 0 Å². The summed E-state index contributed by atoms with van der Waals surface area (Å²) in [6, 6.07) is 8.65. The van der Waals surface area contributed by atoms with Gasteiger partial charge in [-0.05, 0) is 25.0 Å². The van der Waals surface area contributed by atoms with E-state index in [1.165, 1.54) is 0 Å². The van der Waals surface area contributed by atoms with Crippen LogP contribution in [0.2, 0.25) is 0 Å². The van der Waals surface area contributed by atoms with Gasteiger partial charge in [-0.3, -0.25) is 9.59 Å². The summed E-state index contributed by atoms with van der Waals surface area (Å²) >= 11 is 0. The average molecular weight is 270 g/mol. The Morgan fingerprint density at radius 1 is 1.20 bits per heavy atom. The number of anilines is 1. The fraction of sp³-hybridized carbons (Fsp3) is 0.267. The Kier molecular flexibility index (Phi) is 4.16. The van der Waals surface area contributed by atoms with E-state index in [9.17, 15) is 9.59 Å². The van der Waals surface area contributed by atoms with E-state index < -0.39 is 17.8 Å². The number of hydrogen-bond acceptors (Lipinski definition) is 3.